The zero-order chi connectivity index (χ0) is 22.4. The molecule has 1 atom stereocenters. The molecule has 1 aliphatic heterocycles. The fourth-order valence-electron chi connectivity index (χ4n) is 3.87. The maximum absolute atomic E-state index is 12.6. The topological polar surface area (TPSA) is 96.0 Å². The molecule has 0 spiro atoms. The first-order valence-corrected chi connectivity index (χ1v) is 11.1. The van der Waals surface area contributed by atoms with Gasteiger partial charge in [0, 0.05) is 39.8 Å². The molecule has 5 rings (SSSR count). The molecule has 8 heteroatoms. The van der Waals surface area contributed by atoms with Gasteiger partial charge in [-0.2, -0.15) is 0 Å². The molecule has 0 saturated carbocycles. The van der Waals surface area contributed by atoms with E-state index in [2.05, 4.69) is 27.5 Å². The molecule has 4 heterocycles. The Hall–Kier alpha value is -3.78. The maximum Gasteiger partial charge on any atom is 0.263 e. The molecule has 0 aliphatic carbocycles. The van der Waals surface area contributed by atoms with Gasteiger partial charge in [-0.1, -0.05) is 6.58 Å². The molecule has 0 radical (unpaired) electrons. The summed E-state index contributed by atoms with van der Waals surface area (Å²) >= 11 is 1.49. The van der Waals surface area contributed by atoms with Crippen molar-refractivity contribution in [1.29, 1.82) is 0 Å². The van der Waals surface area contributed by atoms with Crippen LogP contribution in [0.25, 0.3) is 32.2 Å². The van der Waals surface area contributed by atoms with Crippen LogP contribution in [0, 0.1) is 6.92 Å². The van der Waals surface area contributed by atoms with Crippen LogP contribution in [0.5, 0.6) is 0 Å². The number of anilines is 2. The van der Waals surface area contributed by atoms with Crippen LogP contribution < -0.4 is 16.0 Å². The summed E-state index contributed by atoms with van der Waals surface area (Å²) < 4.78 is 1.04. The lowest BCUT2D eigenvalue weighted by molar-refractivity contribution is -0.111. The summed E-state index contributed by atoms with van der Waals surface area (Å²) in [5, 5.41) is 11.2. The molecule has 7 nitrogen and oxygen atoms in total. The van der Waals surface area contributed by atoms with Crippen molar-refractivity contribution in [2.75, 3.05) is 17.2 Å². The predicted molar refractivity (Wildman–Crippen MR) is 129 cm³/mol. The minimum atomic E-state index is -0.287. The lowest BCUT2D eigenvalue weighted by Crippen LogP contribution is -2.34. The number of amides is 2. The molecular weight excluding hydrogens is 422 g/mol. The van der Waals surface area contributed by atoms with Crippen molar-refractivity contribution in [3.63, 3.8) is 0 Å². The Morgan fingerprint density at radius 2 is 2.16 bits per heavy atom. The van der Waals surface area contributed by atoms with Gasteiger partial charge in [-0.3, -0.25) is 14.6 Å². The number of carbonyl (C=O) groups is 2. The first kappa shape index (κ1) is 20.1. The molecule has 1 aliphatic rings. The summed E-state index contributed by atoms with van der Waals surface area (Å²) in [6, 6.07) is 9.87. The van der Waals surface area contributed by atoms with Crippen LogP contribution in [-0.2, 0) is 4.79 Å². The van der Waals surface area contributed by atoms with Gasteiger partial charge in [0.15, 0.2) is 0 Å². The van der Waals surface area contributed by atoms with Gasteiger partial charge in [0.25, 0.3) is 5.91 Å². The number of aryl methyl sites for hydroxylation is 1. The lowest BCUT2D eigenvalue weighted by atomic mass is 10.1. The molecule has 3 N–H and O–H groups in total. The van der Waals surface area contributed by atoms with Gasteiger partial charge in [0.2, 0.25) is 5.91 Å². The van der Waals surface area contributed by atoms with Gasteiger partial charge in [-0.15, -0.1) is 11.3 Å². The number of hydrogen-bond acceptors (Lipinski definition) is 6. The van der Waals surface area contributed by atoms with E-state index in [1.165, 1.54) is 17.4 Å². The number of rotatable bonds is 3. The summed E-state index contributed by atoms with van der Waals surface area (Å²) in [6.07, 6.45) is 2.97. The van der Waals surface area contributed by atoms with Crippen LogP contribution in [0.2, 0.25) is 0 Å². The molecule has 3 aromatic heterocycles. The van der Waals surface area contributed by atoms with Crippen molar-refractivity contribution >= 4 is 55.5 Å². The van der Waals surface area contributed by atoms with Crippen molar-refractivity contribution in [3.05, 3.63) is 59.8 Å². The van der Waals surface area contributed by atoms with Crippen molar-refractivity contribution in [2.24, 2.45) is 0 Å². The summed E-state index contributed by atoms with van der Waals surface area (Å²) in [5.74, 6) is -0.332. The normalized spacial score (nSPS) is 15.6. The van der Waals surface area contributed by atoms with Gasteiger partial charge in [-0.05, 0) is 50.3 Å². The number of fused-ring (bicyclic) bond motifs is 5. The fraction of sp³-hybridized carbons (Fsp3) is 0.167. The van der Waals surface area contributed by atoms with E-state index >= 15 is 0 Å². The van der Waals surface area contributed by atoms with Crippen LogP contribution in [0.3, 0.4) is 0 Å². The monoisotopic (exact) mass is 443 g/mol. The number of nitrogens with zero attached hydrogens (tertiary/aromatic N) is 2. The average Bonchev–Trinajstić information content (AvgIpc) is 3.11. The Morgan fingerprint density at radius 1 is 1.31 bits per heavy atom. The molecule has 2 amide bonds. The third-order valence-corrected chi connectivity index (χ3v) is 6.67. The van der Waals surface area contributed by atoms with Crippen LogP contribution >= 0.6 is 11.3 Å². The van der Waals surface area contributed by atoms with Crippen LogP contribution in [0.4, 0.5) is 11.4 Å². The third-order valence-electron chi connectivity index (χ3n) is 5.52. The second-order valence-electron chi connectivity index (χ2n) is 7.81. The summed E-state index contributed by atoms with van der Waals surface area (Å²) in [4.78, 5) is 34.3. The lowest BCUT2D eigenvalue weighted by Gasteiger charge is -2.11. The van der Waals surface area contributed by atoms with Crippen LogP contribution in [0.15, 0.2) is 49.2 Å². The van der Waals surface area contributed by atoms with E-state index in [-0.39, 0.29) is 17.9 Å². The van der Waals surface area contributed by atoms with E-state index in [0.29, 0.717) is 22.8 Å². The van der Waals surface area contributed by atoms with Gasteiger partial charge < -0.3 is 16.0 Å². The number of aromatic nitrogens is 2. The summed E-state index contributed by atoms with van der Waals surface area (Å²) in [7, 11) is 0. The Bertz CT molecular complexity index is 1430. The largest absolute Gasteiger partial charge is 0.381 e. The van der Waals surface area contributed by atoms with Crippen LogP contribution in [0.1, 0.15) is 22.3 Å². The maximum atomic E-state index is 12.6. The highest BCUT2D eigenvalue weighted by Crippen LogP contribution is 2.41. The zero-order valence-corrected chi connectivity index (χ0v) is 18.5. The first-order valence-electron chi connectivity index (χ1n) is 10.3. The van der Waals surface area contributed by atoms with Gasteiger partial charge in [0.1, 0.15) is 4.88 Å². The Kier molecular flexibility index (Phi) is 4.86. The zero-order valence-electron chi connectivity index (χ0n) is 17.7. The Balaban J connectivity index is 1.62. The number of benzene rings is 1. The highest BCUT2D eigenvalue weighted by molar-refractivity contribution is 7.21. The van der Waals surface area contributed by atoms with E-state index in [1.54, 1.807) is 6.20 Å². The Labute approximate surface area is 188 Å². The van der Waals surface area contributed by atoms with E-state index in [0.717, 1.165) is 37.9 Å². The fourth-order valence-corrected chi connectivity index (χ4v) is 4.97. The summed E-state index contributed by atoms with van der Waals surface area (Å²) in [6.45, 7) is 7.98. The van der Waals surface area contributed by atoms with Gasteiger partial charge >= 0.3 is 0 Å². The van der Waals surface area contributed by atoms with E-state index in [1.807, 2.05) is 44.2 Å². The predicted octanol–water partition coefficient (Wildman–Crippen LogP) is 4.49. The first-order chi connectivity index (χ1) is 15.4. The SMILES string of the molecule is C=CC(=O)Nc1cc(-c2ccc3c(ccc4sc5c(c43)NCC(C)NC5=O)n2)cnc1C. The third kappa shape index (κ3) is 3.38. The van der Waals surface area contributed by atoms with Crippen molar-refractivity contribution in [2.45, 2.75) is 19.9 Å². The second-order valence-corrected chi connectivity index (χ2v) is 8.87. The molecular formula is C24H21N5O2S. The highest BCUT2D eigenvalue weighted by Gasteiger charge is 2.24. The van der Waals surface area contributed by atoms with Crippen molar-refractivity contribution in [3.8, 4) is 11.3 Å². The minimum absolute atomic E-state index is 0.0451. The number of nitrogens with one attached hydrogen (secondary N) is 3. The van der Waals surface area contributed by atoms with Gasteiger partial charge in [-0.25, -0.2) is 4.98 Å². The Morgan fingerprint density at radius 3 is 2.97 bits per heavy atom. The standard InChI is InChI=1S/C24H21N5O2S/c1-4-20(30)29-18-9-14(11-25-13(18)3)16-6-5-15-17(28-16)7-8-19-21(15)22-23(32-19)24(31)27-12(2)10-26-22/h4-9,11-12,26H,1,10H2,2-3H3,(H,27,31)(H,29,30). The van der Waals surface area contributed by atoms with E-state index in [4.69, 9.17) is 4.98 Å². The number of thiophene rings is 1. The molecule has 160 valence electrons. The molecule has 0 bridgehead atoms. The quantitative estimate of drug-likeness (QED) is 0.406. The molecule has 0 saturated heterocycles. The van der Waals surface area contributed by atoms with E-state index < -0.39 is 0 Å². The molecule has 1 aromatic carbocycles. The van der Waals surface area contributed by atoms with Crippen molar-refractivity contribution < 1.29 is 9.59 Å². The van der Waals surface area contributed by atoms with Crippen LogP contribution in [-0.4, -0.2) is 34.4 Å². The highest BCUT2D eigenvalue weighted by atomic mass is 32.1. The molecule has 32 heavy (non-hydrogen) atoms. The number of carbonyl (C=O) groups excluding carboxylic acids is 2. The smallest absolute Gasteiger partial charge is 0.263 e. The summed E-state index contributed by atoms with van der Waals surface area (Å²) in [5.41, 5.74) is 4.58. The second kappa shape index (κ2) is 7.72. The van der Waals surface area contributed by atoms with Crippen molar-refractivity contribution in [1.82, 2.24) is 15.3 Å². The van der Waals surface area contributed by atoms with E-state index in [9.17, 15) is 9.59 Å². The van der Waals surface area contributed by atoms with Gasteiger partial charge in [0.05, 0.1) is 28.3 Å². The molecule has 1 unspecified atom stereocenters. The number of hydrogen-bond donors (Lipinski definition) is 3. The molecule has 4 aromatic rings. The number of pyridine rings is 2. The molecule has 0 fully saturated rings. The average molecular weight is 444 g/mol. The minimum Gasteiger partial charge on any atom is -0.381 e.